The third kappa shape index (κ3) is 2.50. The van der Waals surface area contributed by atoms with Gasteiger partial charge in [0, 0.05) is 5.88 Å². The fourth-order valence-electron chi connectivity index (χ4n) is 1.33. The Bertz CT molecular complexity index is 454. The minimum absolute atomic E-state index is 0.0203. The molecule has 16 heavy (non-hydrogen) atoms. The van der Waals surface area contributed by atoms with Crippen molar-refractivity contribution in [2.45, 2.75) is 12.3 Å². The number of halogens is 2. The molecule has 0 aliphatic carbocycles. The summed E-state index contributed by atoms with van der Waals surface area (Å²) in [6.45, 7) is 0. The van der Waals surface area contributed by atoms with Crippen LogP contribution in [0.25, 0.3) is 0 Å². The van der Waals surface area contributed by atoms with E-state index in [1.165, 1.54) is 13.2 Å². The normalized spacial score (nSPS) is 9.62. The van der Waals surface area contributed by atoms with E-state index in [2.05, 4.69) is 4.74 Å². The van der Waals surface area contributed by atoms with Crippen LogP contribution in [-0.4, -0.2) is 13.1 Å². The van der Waals surface area contributed by atoms with Crippen LogP contribution in [0, 0.1) is 17.1 Å². The second-order valence-electron chi connectivity index (χ2n) is 3.06. The van der Waals surface area contributed by atoms with Crippen LogP contribution in [0.15, 0.2) is 12.1 Å². The number of ether oxygens (including phenoxy) is 1. The molecule has 0 N–H and O–H groups in total. The van der Waals surface area contributed by atoms with Gasteiger partial charge in [0.05, 0.1) is 19.1 Å². The predicted molar refractivity (Wildman–Crippen MR) is 56.4 cm³/mol. The Morgan fingerprint density at radius 2 is 2.31 bits per heavy atom. The summed E-state index contributed by atoms with van der Waals surface area (Å²) >= 11 is 5.64. The highest BCUT2D eigenvalue weighted by molar-refractivity contribution is 6.17. The summed E-state index contributed by atoms with van der Waals surface area (Å²) in [4.78, 5) is 11.1. The van der Waals surface area contributed by atoms with Crippen LogP contribution >= 0.6 is 11.6 Å². The first-order chi connectivity index (χ1) is 7.63. The molecule has 1 rings (SSSR count). The largest absolute Gasteiger partial charge is 0.469 e. The van der Waals surface area contributed by atoms with E-state index in [1.807, 2.05) is 0 Å². The van der Waals surface area contributed by atoms with Crippen molar-refractivity contribution in [2.24, 2.45) is 0 Å². The molecule has 0 fully saturated rings. The van der Waals surface area contributed by atoms with E-state index in [0.717, 1.165) is 6.07 Å². The van der Waals surface area contributed by atoms with Crippen molar-refractivity contribution >= 4 is 17.6 Å². The summed E-state index contributed by atoms with van der Waals surface area (Å²) in [7, 11) is 1.26. The van der Waals surface area contributed by atoms with Gasteiger partial charge < -0.3 is 4.74 Å². The lowest BCUT2D eigenvalue weighted by Crippen LogP contribution is -2.08. The molecule has 1 aromatic carbocycles. The number of benzene rings is 1. The second kappa shape index (κ2) is 5.47. The summed E-state index contributed by atoms with van der Waals surface area (Å²) in [5.41, 5.74) is 0.741. The summed E-state index contributed by atoms with van der Waals surface area (Å²) < 4.78 is 17.7. The second-order valence-corrected chi connectivity index (χ2v) is 3.33. The van der Waals surface area contributed by atoms with Gasteiger partial charge in [0.1, 0.15) is 11.9 Å². The number of nitrogens with zero attached hydrogens (tertiary/aromatic N) is 1. The van der Waals surface area contributed by atoms with Gasteiger partial charge in [-0.05, 0) is 17.2 Å². The van der Waals surface area contributed by atoms with Crippen LogP contribution in [0.5, 0.6) is 0 Å². The number of hydrogen-bond acceptors (Lipinski definition) is 3. The lowest BCUT2D eigenvalue weighted by Gasteiger charge is -2.08. The number of esters is 1. The highest BCUT2D eigenvalue weighted by atomic mass is 35.5. The van der Waals surface area contributed by atoms with Gasteiger partial charge in [-0.1, -0.05) is 6.07 Å². The average molecular weight is 242 g/mol. The molecule has 0 spiro atoms. The van der Waals surface area contributed by atoms with E-state index in [4.69, 9.17) is 16.9 Å². The van der Waals surface area contributed by atoms with Gasteiger partial charge >= 0.3 is 5.97 Å². The Morgan fingerprint density at radius 1 is 1.62 bits per heavy atom. The van der Waals surface area contributed by atoms with Gasteiger partial charge in [0.2, 0.25) is 0 Å². The number of hydrogen-bond donors (Lipinski definition) is 0. The Balaban J connectivity index is 3.21. The number of alkyl halides is 1. The first-order valence-corrected chi connectivity index (χ1v) is 5.00. The van der Waals surface area contributed by atoms with Crippen LogP contribution in [0.2, 0.25) is 0 Å². The summed E-state index contributed by atoms with van der Waals surface area (Å²) in [5, 5.41) is 8.78. The van der Waals surface area contributed by atoms with Gasteiger partial charge in [-0.25, -0.2) is 4.39 Å². The van der Waals surface area contributed by atoms with E-state index in [0.29, 0.717) is 11.1 Å². The molecule has 0 atom stereocenters. The molecule has 0 heterocycles. The molecule has 0 bridgehead atoms. The monoisotopic (exact) mass is 241 g/mol. The molecule has 0 aliphatic heterocycles. The predicted octanol–water partition coefficient (Wildman–Crippen LogP) is 2.15. The Hall–Kier alpha value is -1.60. The highest BCUT2D eigenvalue weighted by Gasteiger charge is 2.14. The molecule has 0 amide bonds. The fraction of sp³-hybridized carbons (Fsp3) is 0.273. The van der Waals surface area contributed by atoms with Gasteiger partial charge in [0.25, 0.3) is 0 Å². The zero-order chi connectivity index (χ0) is 12.1. The number of methoxy groups -OCH3 is 1. The van der Waals surface area contributed by atoms with Gasteiger partial charge in [-0.3, -0.25) is 4.79 Å². The first-order valence-electron chi connectivity index (χ1n) is 4.47. The topological polar surface area (TPSA) is 50.1 Å². The van der Waals surface area contributed by atoms with E-state index < -0.39 is 11.8 Å². The van der Waals surface area contributed by atoms with Crippen LogP contribution in [-0.2, 0) is 21.8 Å². The van der Waals surface area contributed by atoms with Crippen molar-refractivity contribution in [3.63, 3.8) is 0 Å². The first kappa shape index (κ1) is 12.5. The van der Waals surface area contributed by atoms with Crippen molar-refractivity contribution in [1.82, 2.24) is 0 Å². The average Bonchev–Trinajstić information content (AvgIpc) is 2.30. The van der Waals surface area contributed by atoms with Crippen LogP contribution in [0.3, 0.4) is 0 Å². The molecule has 1 aromatic rings. The third-order valence-electron chi connectivity index (χ3n) is 2.17. The van der Waals surface area contributed by atoms with Crippen LogP contribution in [0.4, 0.5) is 4.39 Å². The van der Waals surface area contributed by atoms with Crippen molar-refractivity contribution in [3.8, 4) is 6.07 Å². The minimum Gasteiger partial charge on any atom is -0.469 e. The zero-order valence-corrected chi connectivity index (χ0v) is 9.34. The Labute approximate surface area is 97.4 Å². The molecular weight excluding hydrogens is 233 g/mol. The number of carbonyl (C=O) groups is 1. The maximum atomic E-state index is 13.2. The molecule has 0 unspecified atom stereocenters. The van der Waals surface area contributed by atoms with E-state index in [9.17, 15) is 9.18 Å². The number of carbonyl (C=O) groups excluding carboxylic acids is 1. The highest BCUT2D eigenvalue weighted by Crippen LogP contribution is 2.20. The Kier molecular flexibility index (Phi) is 4.27. The zero-order valence-electron chi connectivity index (χ0n) is 8.59. The molecule has 0 saturated heterocycles. The lowest BCUT2D eigenvalue weighted by molar-refractivity contribution is -0.139. The van der Waals surface area contributed by atoms with Gasteiger partial charge in [-0.2, -0.15) is 5.26 Å². The minimum atomic E-state index is -0.633. The molecule has 0 saturated carbocycles. The van der Waals surface area contributed by atoms with E-state index >= 15 is 0 Å². The number of rotatable bonds is 3. The molecule has 3 nitrogen and oxygen atoms in total. The molecule has 0 aliphatic rings. The maximum absolute atomic E-state index is 13.2. The summed E-state index contributed by atoms with van der Waals surface area (Å²) in [6.07, 6.45) is -0.0203. The molecule has 5 heteroatoms. The van der Waals surface area contributed by atoms with Gasteiger partial charge in [-0.15, -0.1) is 11.6 Å². The lowest BCUT2D eigenvalue weighted by atomic mass is 10.00. The van der Waals surface area contributed by atoms with Crippen molar-refractivity contribution < 1.29 is 13.9 Å². The summed E-state index contributed by atoms with van der Waals surface area (Å²) in [6, 6.07) is 4.32. The molecule has 0 radical (unpaired) electrons. The van der Waals surface area contributed by atoms with Crippen LogP contribution < -0.4 is 0 Å². The van der Waals surface area contributed by atoms with Crippen LogP contribution in [0.1, 0.15) is 16.7 Å². The Morgan fingerprint density at radius 3 is 2.81 bits per heavy atom. The van der Waals surface area contributed by atoms with E-state index in [-0.39, 0.29) is 17.9 Å². The van der Waals surface area contributed by atoms with E-state index in [1.54, 1.807) is 6.07 Å². The van der Waals surface area contributed by atoms with Crippen molar-refractivity contribution in [1.29, 1.82) is 5.26 Å². The fourth-order valence-corrected chi connectivity index (χ4v) is 1.63. The standard InChI is InChI=1S/C11H9ClFNO2/c1-16-11(15)4-7-2-3-10(13)9(6-14)8(7)5-12/h2-3H,4-5H2,1H3. The maximum Gasteiger partial charge on any atom is 0.309 e. The third-order valence-corrected chi connectivity index (χ3v) is 2.43. The molecule has 0 aromatic heterocycles. The molecule has 84 valence electrons. The van der Waals surface area contributed by atoms with Gasteiger partial charge in [0.15, 0.2) is 0 Å². The number of nitriles is 1. The van der Waals surface area contributed by atoms with Crippen molar-refractivity contribution in [2.75, 3.05) is 7.11 Å². The summed E-state index contributed by atoms with van der Waals surface area (Å²) in [5.74, 6) is -1.11. The van der Waals surface area contributed by atoms with Crippen molar-refractivity contribution in [3.05, 3.63) is 34.6 Å². The quantitative estimate of drug-likeness (QED) is 0.602. The SMILES string of the molecule is COC(=O)Cc1ccc(F)c(C#N)c1CCl. The molecular formula is C11H9ClFNO2. The smallest absolute Gasteiger partial charge is 0.309 e.